The molecule has 0 aliphatic rings. The maximum atomic E-state index is 12.8. The van der Waals surface area contributed by atoms with Crippen molar-refractivity contribution in [3.05, 3.63) is 53.5 Å². The molecule has 27 heavy (non-hydrogen) atoms. The lowest BCUT2D eigenvalue weighted by molar-refractivity contribution is -0.115. The number of fused-ring (bicyclic) bond motifs is 3. The Morgan fingerprint density at radius 1 is 1.33 bits per heavy atom. The van der Waals surface area contributed by atoms with Gasteiger partial charge in [-0.2, -0.15) is 0 Å². The summed E-state index contributed by atoms with van der Waals surface area (Å²) in [6.45, 7) is 3.89. The zero-order chi connectivity index (χ0) is 19.0. The van der Waals surface area contributed by atoms with Crippen molar-refractivity contribution in [1.82, 2.24) is 14.6 Å². The molecule has 1 atom stereocenters. The highest BCUT2D eigenvalue weighted by Gasteiger charge is 2.21. The van der Waals surface area contributed by atoms with E-state index in [2.05, 4.69) is 15.5 Å². The number of nitrogens with zero attached hydrogens (tertiary/aromatic N) is 3. The van der Waals surface area contributed by atoms with Crippen LogP contribution in [-0.4, -0.2) is 25.8 Å². The molecule has 8 heteroatoms. The standard InChI is InChI=1S/C19H17ClN4O2S/c1-3-17(18(25)22-12-5-4-11(2)13(20)8-12)27-19-15-9-16-14(6-7-26-16)24(15)10-21-23-19/h4-10,17H,3H2,1-2H3,(H,22,25)/t17-/m1/s1. The molecule has 0 radical (unpaired) electrons. The van der Waals surface area contributed by atoms with E-state index in [-0.39, 0.29) is 11.2 Å². The summed E-state index contributed by atoms with van der Waals surface area (Å²) in [6.07, 6.45) is 3.93. The molecule has 0 bridgehead atoms. The number of aryl methyl sites for hydroxylation is 1. The predicted octanol–water partition coefficient (Wildman–Crippen LogP) is 4.95. The Morgan fingerprint density at radius 2 is 2.19 bits per heavy atom. The molecule has 3 aromatic heterocycles. The van der Waals surface area contributed by atoms with Gasteiger partial charge in [0.2, 0.25) is 5.91 Å². The van der Waals surface area contributed by atoms with Gasteiger partial charge in [0.25, 0.3) is 0 Å². The van der Waals surface area contributed by atoms with Crippen molar-refractivity contribution < 1.29 is 9.21 Å². The first-order chi connectivity index (χ1) is 13.1. The van der Waals surface area contributed by atoms with Gasteiger partial charge in [0, 0.05) is 22.8 Å². The number of carbonyl (C=O) groups excluding carboxylic acids is 1. The van der Waals surface area contributed by atoms with Gasteiger partial charge in [-0.15, -0.1) is 10.2 Å². The first kappa shape index (κ1) is 17.9. The lowest BCUT2D eigenvalue weighted by Gasteiger charge is -2.15. The molecule has 1 amide bonds. The minimum absolute atomic E-state index is 0.0959. The molecule has 0 spiro atoms. The highest BCUT2D eigenvalue weighted by Crippen LogP contribution is 2.31. The highest BCUT2D eigenvalue weighted by molar-refractivity contribution is 8.00. The summed E-state index contributed by atoms with van der Waals surface area (Å²) in [7, 11) is 0. The van der Waals surface area contributed by atoms with Gasteiger partial charge >= 0.3 is 0 Å². The van der Waals surface area contributed by atoms with E-state index in [1.54, 1.807) is 18.7 Å². The second kappa shape index (κ2) is 7.25. The monoisotopic (exact) mass is 400 g/mol. The van der Waals surface area contributed by atoms with Crippen LogP contribution in [0.15, 0.2) is 52.4 Å². The molecule has 1 N–H and O–H groups in total. The van der Waals surface area contributed by atoms with Gasteiger partial charge in [-0.25, -0.2) is 0 Å². The van der Waals surface area contributed by atoms with Crippen molar-refractivity contribution in [1.29, 1.82) is 0 Å². The molecular weight excluding hydrogens is 384 g/mol. The van der Waals surface area contributed by atoms with Gasteiger partial charge in [-0.05, 0) is 31.0 Å². The summed E-state index contributed by atoms with van der Waals surface area (Å²) >= 11 is 7.54. The van der Waals surface area contributed by atoms with Crippen molar-refractivity contribution in [3.8, 4) is 0 Å². The number of hydrogen-bond acceptors (Lipinski definition) is 5. The van der Waals surface area contributed by atoms with Crippen molar-refractivity contribution in [2.75, 3.05) is 5.32 Å². The fraction of sp³-hybridized carbons (Fsp3) is 0.211. The van der Waals surface area contributed by atoms with Crippen LogP contribution in [0.4, 0.5) is 5.69 Å². The molecule has 6 nitrogen and oxygen atoms in total. The Labute approximate surface area is 164 Å². The summed E-state index contributed by atoms with van der Waals surface area (Å²) in [5.41, 5.74) is 4.20. The number of carbonyl (C=O) groups is 1. The molecule has 0 saturated heterocycles. The van der Waals surface area contributed by atoms with Gasteiger partial charge < -0.3 is 9.73 Å². The molecule has 138 valence electrons. The lowest BCUT2D eigenvalue weighted by Crippen LogP contribution is -2.24. The summed E-state index contributed by atoms with van der Waals surface area (Å²) in [5, 5.41) is 12.2. The maximum absolute atomic E-state index is 12.8. The van der Waals surface area contributed by atoms with Crippen molar-refractivity contribution >= 4 is 51.6 Å². The molecule has 1 aromatic carbocycles. The number of halogens is 1. The van der Waals surface area contributed by atoms with Crippen molar-refractivity contribution in [2.24, 2.45) is 0 Å². The zero-order valence-electron chi connectivity index (χ0n) is 14.8. The number of aromatic nitrogens is 3. The largest absolute Gasteiger partial charge is 0.463 e. The van der Waals surface area contributed by atoms with Gasteiger partial charge in [0.1, 0.15) is 11.4 Å². The van der Waals surface area contributed by atoms with E-state index in [4.69, 9.17) is 16.0 Å². The van der Waals surface area contributed by atoms with Crippen molar-refractivity contribution in [3.63, 3.8) is 0 Å². The summed E-state index contributed by atoms with van der Waals surface area (Å²) in [6, 6.07) is 9.28. The van der Waals surface area contributed by atoms with Crippen LogP contribution in [0, 0.1) is 6.92 Å². The van der Waals surface area contributed by atoms with Crippen LogP contribution in [0.5, 0.6) is 0 Å². The van der Waals surface area contributed by atoms with Gasteiger partial charge in [-0.3, -0.25) is 9.20 Å². The quantitative estimate of drug-likeness (QED) is 0.480. The zero-order valence-corrected chi connectivity index (χ0v) is 16.3. The number of furan rings is 1. The Kier molecular flexibility index (Phi) is 4.80. The molecule has 0 aliphatic carbocycles. The highest BCUT2D eigenvalue weighted by atomic mass is 35.5. The first-order valence-electron chi connectivity index (χ1n) is 8.50. The van der Waals surface area contributed by atoms with E-state index >= 15 is 0 Å². The average Bonchev–Trinajstić information content (AvgIpc) is 3.24. The van der Waals surface area contributed by atoms with E-state index in [9.17, 15) is 4.79 Å². The molecule has 4 rings (SSSR count). The number of benzene rings is 1. The summed E-state index contributed by atoms with van der Waals surface area (Å²) in [4.78, 5) is 12.8. The van der Waals surface area contributed by atoms with E-state index in [0.717, 1.165) is 22.2 Å². The Bertz CT molecular complexity index is 1140. The van der Waals surface area contributed by atoms with E-state index in [1.807, 2.05) is 42.5 Å². The second-order valence-electron chi connectivity index (χ2n) is 6.17. The topological polar surface area (TPSA) is 72.4 Å². The van der Waals surface area contributed by atoms with Crippen LogP contribution < -0.4 is 5.32 Å². The van der Waals surface area contributed by atoms with E-state index < -0.39 is 0 Å². The fourth-order valence-electron chi connectivity index (χ4n) is 2.85. The van der Waals surface area contributed by atoms with E-state index in [1.165, 1.54) is 11.8 Å². The molecule has 0 unspecified atom stereocenters. The summed E-state index contributed by atoms with van der Waals surface area (Å²) < 4.78 is 7.37. The van der Waals surface area contributed by atoms with Gasteiger partial charge in [-0.1, -0.05) is 36.4 Å². The Hall–Kier alpha value is -2.51. The van der Waals surface area contributed by atoms with Crippen molar-refractivity contribution in [2.45, 2.75) is 30.5 Å². The molecule has 3 heterocycles. The third kappa shape index (κ3) is 3.40. The molecule has 0 saturated carbocycles. The predicted molar refractivity (Wildman–Crippen MR) is 108 cm³/mol. The molecule has 4 aromatic rings. The Morgan fingerprint density at radius 3 is 2.96 bits per heavy atom. The lowest BCUT2D eigenvalue weighted by atomic mass is 10.2. The first-order valence-corrected chi connectivity index (χ1v) is 9.76. The number of thioether (sulfide) groups is 1. The number of anilines is 1. The molecule has 0 fully saturated rings. The normalized spacial score (nSPS) is 12.6. The minimum Gasteiger partial charge on any atom is -0.463 e. The smallest absolute Gasteiger partial charge is 0.237 e. The molecular formula is C19H17ClN4O2S. The summed E-state index contributed by atoms with van der Waals surface area (Å²) in [5.74, 6) is -0.0959. The minimum atomic E-state index is -0.313. The van der Waals surface area contributed by atoms with Crippen LogP contribution >= 0.6 is 23.4 Å². The SMILES string of the molecule is CC[C@@H](Sc1nncn2c1cc1occc12)C(=O)Nc1ccc(C)c(Cl)c1. The van der Waals surface area contributed by atoms with Gasteiger partial charge in [0.15, 0.2) is 5.58 Å². The second-order valence-corrected chi connectivity index (χ2v) is 7.77. The van der Waals surface area contributed by atoms with Crippen LogP contribution in [0.2, 0.25) is 5.02 Å². The third-order valence-electron chi connectivity index (χ3n) is 4.35. The van der Waals surface area contributed by atoms with Crippen LogP contribution in [0.3, 0.4) is 0 Å². The average molecular weight is 401 g/mol. The third-order valence-corrected chi connectivity index (χ3v) is 6.10. The fourth-order valence-corrected chi connectivity index (χ4v) is 4.00. The van der Waals surface area contributed by atoms with E-state index in [0.29, 0.717) is 22.2 Å². The van der Waals surface area contributed by atoms with Gasteiger partial charge in [0.05, 0.1) is 22.5 Å². The number of hydrogen-bond donors (Lipinski definition) is 1. The number of amides is 1. The maximum Gasteiger partial charge on any atom is 0.237 e. The molecule has 0 aliphatic heterocycles. The van der Waals surface area contributed by atoms with Crippen LogP contribution in [0.1, 0.15) is 18.9 Å². The van der Waals surface area contributed by atoms with Crippen LogP contribution in [0.25, 0.3) is 16.6 Å². The van der Waals surface area contributed by atoms with Crippen LogP contribution in [-0.2, 0) is 4.79 Å². The number of rotatable bonds is 5. The Balaban J connectivity index is 1.58. The number of nitrogens with one attached hydrogen (secondary N) is 1.